The van der Waals surface area contributed by atoms with Crippen LogP contribution in [0.1, 0.15) is 24.1 Å². The SMILES string of the molecule is FC(F)(F)c1cc2cc(CC3CCCN3)ccc2[nH]1. The van der Waals surface area contributed by atoms with Crippen LogP contribution in [0, 0.1) is 0 Å². The third-order valence-corrected chi connectivity index (χ3v) is 3.64. The van der Waals surface area contributed by atoms with Gasteiger partial charge < -0.3 is 10.3 Å². The van der Waals surface area contributed by atoms with Gasteiger partial charge in [0.1, 0.15) is 5.69 Å². The zero-order valence-corrected chi connectivity index (χ0v) is 10.3. The highest BCUT2D eigenvalue weighted by molar-refractivity contribution is 5.81. The number of hydrogen-bond acceptors (Lipinski definition) is 1. The van der Waals surface area contributed by atoms with Crippen LogP contribution >= 0.6 is 0 Å². The van der Waals surface area contributed by atoms with Crippen LogP contribution in [0.5, 0.6) is 0 Å². The molecule has 0 radical (unpaired) electrons. The Labute approximate surface area is 109 Å². The van der Waals surface area contributed by atoms with Gasteiger partial charge in [-0.1, -0.05) is 6.07 Å². The quantitative estimate of drug-likeness (QED) is 0.857. The Bertz CT molecular complexity index is 580. The second-order valence-electron chi connectivity index (χ2n) is 5.10. The molecule has 3 rings (SSSR count). The van der Waals surface area contributed by atoms with Crippen LogP contribution in [0.3, 0.4) is 0 Å². The topological polar surface area (TPSA) is 27.8 Å². The van der Waals surface area contributed by atoms with Gasteiger partial charge in [-0.3, -0.25) is 0 Å². The minimum absolute atomic E-state index is 0.457. The van der Waals surface area contributed by atoms with Crippen LogP contribution in [0.2, 0.25) is 0 Å². The van der Waals surface area contributed by atoms with Crippen LogP contribution in [-0.2, 0) is 12.6 Å². The van der Waals surface area contributed by atoms with E-state index in [1.807, 2.05) is 12.1 Å². The summed E-state index contributed by atoms with van der Waals surface area (Å²) in [4.78, 5) is 2.42. The first-order chi connectivity index (χ1) is 9.02. The average molecular weight is 268 g/mol. The summed E-state index contributed by atoms with van der Waals surface area (Å²) in [7, 11) is 0. The van der Waals surface area contributed by atoms with E-state index in [1.54, 1.807) is 6.07 Å². The molecular formula is C14H15F3N2. The van der Waals surface area contributed by atoms with Gasteiger partial charge in [0.2, 0.25) is 0 Å². The number of aromatic nitrogens is 1. The van der Waals surface area contributed by atoms with Crippen LogP contribution in [-0.4, -0.2) is 17.6 Å². The molecular weight excluding hydrogens is 253 g/mol. The molecule has 1 unspecified atom stereocenters. The highest BCUT2D eigenvalue weighted by Gasteiger charge is 2.32. The van der Waals surface area contributed by atoms with Crippen molar-refractivity contribution in [2.45, 2.75) is 31.5 Å². The molecule has 2 nitrogen and oxygen atoms in total. The van der Waals surface area contributed by atoms with E-state index in [-0.39, 0.29) is 0 Å². The minimum Gasteiger partial charge on any atom is -0.351 e. The lowest BCUT2D eigenvalue weighted by molar-refractivity contribution is -0.140. The van der Waals surface area contributed by atoms with Gasteiger partial charge in [0.25, 0.3) is 0 Å². The normalized spacial score (nSPS) is 20.3. The first kappa shape index (κ1) is 12.5. The molecule has 19 heavy (non-hydrogen) atoms. The molecule has 1 saturated heterocycles. The van der Waals surface area contributed by atoms with Crippen LogP contribution in [0.25, 0.3) is 10.9 Å². The van der Waals surface area contributed by atoms with Crippen molar-refractivity contribution < 1.29 is 13.2 Å². The van der Waals surface area contributed by atoms with E-state index in [4.69, 9.17) is 0 Å². The molecule has 0 aliphatic carbocycles. The summed E-state index contributed by atoms with van der Waals surface area (Å²) in [6, 6.07) is 7.12. The van der Waals surface area contributed by atoms with Gasteiger partial charge in [-0.15, -0.1) is 0 Å². The lowest BCUT2D eigenvalue weighted by Crippen LogP contribution is -2.23. The van der Waals surface area contributed by atoms with Crippen LogP contribution < -0.4 is 5.32 Å². The monoisotopic (exact) mass is 268 g/mol. The molecule has 2 N–H and O–H groups in total. The summed E-state index contributed by atoms with van der Waals surface area (Å²) in [5.41, 5.74) is 0.939. The summed E-state index contributed by atoms with van der Waals surface area (Å²) in [6.07, 6.45) is -1.12. The number of nitrogens with one attached hydrogen (secondary N) is 2. The van der Waals surface area contributed by atoms with Gasteiger partial charge in [0.05, 0.1) is 0 Å². The van der Waals surface area contributed by atoms with Crippen molar-refractivity contribution in [2.75, 3.05) is 6.54 Å². The number of H-pyrrole nitrogens is 1. The van der Waals surface area contributed by atoms with Crippen molar-refractivity contribution in [1.82, 2.24) is 10.3 Å². The lowest BCUT2D eigenvalue weighted by Gasteiger charge is -2.09. The van der Waals surface area contributed by atoms with Gasteiger partial charge in [-0.05, 0) is 49.6 Å². The molecule has 0 spiro atoms. The van der Waals surface area contributed by atoms with Crippen LogP contribution in [0.15, 0.2) is 24.3 Å². The zero-order valence-electron chi connectivity index (χ0n) is 10.3. The second kappa shape index (κ2) is 4.56. The van der Waals surface area contributed by atoms with Crippen molar-refractivity contribution in [1.29, 1.82) is 0 Å². The van der Waals surface area contributed by atoms with Crippen molar-refractivity contribution in [3.8, 4) is 0 Å². The van der Waals surface area contributed by atoms with E-state index in [0.717, 1.165) is 24.9 Å². The van der Waals surface area contributed by atoms with Gasteiger partial charge in [-0.25, -0.2) is 0 Å². The van der Waals surface area contributed by atoms with E-state index in [2.05, 4.69) is 10.3 Å². The molecule has 2 heterocycles. The lowest BCUT2D eigenvalue weighted by atomic mass is 10.0. The number of aromatic amines is 1. The van der Waals surface area contributed by atoms with Gasteiger partial charge in [0.15, 0.2) is 0 Å². The Kier molecular flexibility index (Phi) is 3.01. The fourth-order valence-corrected chi connectivity index (χ4v) is 2.68. The van der Waals surface area contributed by atoms with Crippen LogP contribution in [0.4, 0.5) is 13.2 Å². The maximum absolute atomic E-state index is 12.6. The standard InChI is InChI=1S/C14H15F3N2/c15-14(16,17)13-8-10-6-9(3-4-12(10)19-13)7-11-2-1-5-18-11/h3-4,6,8,11,18-19H,1-2,5,7H2. The largest absolute Gasteiger partial charge is 0.431 e. The molecule has 2 aromatic rings. The molecule has 1 aliphatic heterocycles. The van der Waals surface area contributed by atoms with E-state index in [0.29, 0.717) is 16.9 Å². The molecule has 0 saturated carbocycles. The Morgan fingerprint density at radius 3 is 2.74 bits per heavy atom. The van der Waals surface area contributed by atoms with Gasteiger partial charge in [0, 0.05) is 16.9 Å². The first-order valence-corrected chi connectivity index (χ1v) is 6.44. The smallest absolute Gasteiger partial charge is 0.351 e. The maximum atomic E-state index is 12.6. The molecule has 1 atom stereocenters. The Balaban J connectivity index is 1.87. The number of halogens is 3. The Hall–Kier alpha value is -1.49. The number of rotatable bonds is 2. The predicted octanol–water partition coefficient (Wildman–Crippen LogP) is 3.48. The molecule has 1 aromatic heterocycles. The molecule has 102 valence electrons. The third-order valence-electron chi connectivity index (χ3n) is 3.64. The van der Waals surface area contributed by atoms with Crippen molar-refractivity contribution in [3.05, 3.63) is 35.5 Å². The summed E-state index contributed by atoms with van der Waals surface area (Å²) < 4.78 is 37.8. The predicted molar refractivity (Wildman–Crippen MR) is 68.0 cm³/mol. The minimum atomic E-state index is -4.31. The molecule has 1 fully saturated rings. The molecule has 0 bridgehead atoms. The van der Waals surface area contributed by atoms with E-state index < -0.39 is 11.9 Å². The summed E-state index contributed by atoms with van der Waals surface area (Å²) in [6.45, 7) is 1.04. The highest BCUT2D eigenvalue weighted by atomic mass is 19.4. The number of alkyl halides is 3. The summed E-state index contributed by atoms with van der Waals surface area (Å²) >= 11 is 0. The van der Waals surface area contributed by atoms with E-state index >= 15 is 0 Å². The van der Waals surface area contributed by atoms with Gasteiger partial charge >= 0.3 is 6.18 Å². The molecule has 1 aliphatic rings. The maximum Gasteiger partial charge on any atom is 0.431 e. The Morgan fingerprint density at radius 1 is 1.21 bits per heavy atom. The molecule has 5 heteroatoms. The molecule has 0 amide bonds. The summed E-state index contributed by atoms with van der Waals surface area (Å²) in [5, 5.41) is 4.02. The number of benzene rings is 1. The van der Waals surface area contributed by atoms with Crippen molar-refractivity contribution >= 4 is 10.9 Å². The summed E-state index contributed by atoms with van der Waals surface area (Å²) in [5.74, 6) is 0. The van der Waals surface area contributed by atoms with E-state index in [1.165, 1.54) is 12.5 Å². The van der Waals surface area contributed by atoms with Gasteiger partial charge in [-0.2, -0.15) is 13.2 Å². The first-order valence-electron chi connectivity index (χ1n) is 6.44. The molecule has 1 aromatic carbocycles. The Morgan fingerprint density at radius 2 is 2.05 bits per heavy atom. The second-order valence-corrected chi connectivity index (χ2v) is 5.10. The fraction of sp³-hybridized carbons (Fsp3) is 0.429. The fourth-order valence-electron chi connectivity index (χ4n) is 2.68. The number of fused-ring (bicyclic) bond motifs is 1. The van der Waals surface area contributed by atoms with Crippen molar-refractivity contribution in [2.24, 2.45) is 0 Å². The van der Waals surface area contributed by atoms with Crippen molar-refractivity contribution in [3.63, 3.8) is 0 Å². The highest BCUT2D eigenvalue weighted by Crippen LogP contribution is 2.31. The average Bonchev–Trinajstić information content (AvgIpc) is 2.95. The number of hydrogen-bond donors (Lipinski definition) is 2. The van der Waals surface area contributed by atoms with E-state index in [9.17, 15) is 13.2 Å². The zero-order chi connectivity index (χ0) is 13.5. The third kappa shape index (κ3) is 2.61.